The van der Waals surface area contributed by atoms with Crippen molar-refractivity contribution in [3.05, 3.63) is 87.0 Å². The van der Waals surface area contributed by atoms with Crippen LogP contribution in [0.15, 0.2) is 53.6 Å². The second-order valence-electron chi connectivity index (χ2n) is 7.94. The van der Waals surface area contributed by atoms with Gasteiger partial charge in [-0.2, -0.15) is 0 Å². The van der Waals surface area contributed by atoms with E-state index in [1.54, 1.807) is 0 Å². The highest BCUT2D eigenvalue weighted by molar-refractivity contribution is 8.00. The normalized spacial score (nSPS) is 12.0. The molecule has 0 N–H and O–H groups in total. The quantitative estimate of drug-likeness (QED) is 0.138. The highest BCUT2D eigenvalue weighted by Crippen LogP contribution is 2.43. The van der Waals surface area contributed by atoms with Crippen molar-refractivity contribution in [1.82, 2.24) is 9.97 Å². The molecule has 5 nitrogen and oxygen atoms in total. The molecule has 2 aromatic carbocycles. The number of hydrogen-bond acceptors (Lipinski definition) is 7. The predicted octanol–water partition coefficient (Wildman–Crippen LogP) is 6.43. The number of aromatic nitrogens is 2. The molecule has 0 amide bonds. The van der Waals surface area contributed by atoms with Gasteiger partial charge in [0.1, 0.15) is 20.6 Å². The van der Waals surface area contributed by atoms with Crippen molar-refractivity contribution < 1.29 is 14.3 Å². The molecule has 2 heterocycles. The van der Waals surface area contributed by atoms with E-state index in [9.17, 15) is 9.59 Å². The Morgan fingerprint density at radius 2 is 1.52 bits per heavy atom. The second-order valence-corrected chi connectivity index (χ2v) is 10.0. The topological polar surface area (TPSA) is 69.2 Å². The van der Waals surface area contributed by atoms with Gasteiger partial charge in [-0.1, -0.05) is 71.4 Å². The molecule has 1 unspecified atom stereocenters. The maximum absolute atomic E-state index is 13.7. The molecule has 0 aliphatic carbocycles. The number of rotatable bonds is 6. The van der Waals surface area contributed by atoms with Gasteiger partial charge in [-0.25, -0.2) is 14.8 Å². The van der Waals surface area contributed by atoms with E-state index in [4.69, 9.17) is 4.74 Å². The SMILES string of the molecule is COC(=O)c1sc2nc(C)nc(SC(C(=O)c3ccc(C)cc3)c3ccc(C)cc3)c2c1C. The molecule has 0 radical (unpaired) electrons. The predicted molar refractivity (Wildman–Crippen MR) is 134 cm³/mol. The van der Waals surface area contributed by atoms with Crippen molar-refractivity contribution in [2.24, 2.45) is 0 Å². The number of thiophene rings is 1. The van der Waals surface area contributed by atoms with Crippen molar-refractivity contribution in [1.29, 1.82) is 0 Å². The third kappa shape index (κ3) is 4.70. The van der Waals surface area contributed by atoms with Crippen LogP contribution in [0.25, 0.3) is 10.2 Å². The van der Waals surface area contributed by atoms with E-state index in [0.717, 1.165) is 27.6 Å². The Labute approximate surface area is 201 Å². The molecule has 0 bridgehead atoms. The average Bonchev–Trinajstić information content (AvgIpc) is 3.13. The van der Waals surface area contributed by atoms with Gasteiger partial charge < -0.3 is 4.74 Å². The zero-order valence-electron chi connectivity index (χ0n) is 19.1. The largest absolute Gasteiger partial charge is 0.465 e. The van der Waals surface area contributed by atoms with E-state index in [-0.39, 0.29) is 5.78 Å². The van der Waals surface area contributed by atoms with E-state index in [2.05, 4.69) is 9.97 Å². The summed E-state index contributed by atoms with van der Waals surface area (Å²) in [5.41, 5.74) is 4.56. The third-order valence-electron chi connectivity index (χ3n) is 5.42. The molecule has 4 aromatic rings. The summed E-state index contributed by atoms with van der Waals surface area (Å²) in [6.45, 7) is 7.71. The minimum Gasteiger partial charge on any atom is -0.465 e. The molecule has 1 atom stereocenters. The number of carbonyl (C=O) groups excluding carboxylic acids is 2. The number of nitrogens with zero attached hydrogens (tertiary/aromatic N) is 2. The Bertz CT molecular complexity index is 1340. The lowest BCUT2D eigenvalue weighted by molar-refractivity contribution is 0.0605. The van der Waals surface area contributed by atoms with Gasteiger partial charge in [0.15, 0.2) is 5.78 Å². The number of benzene rings is 2. The number of carbonyl (C=O) groups is 2. The van der Waals surface area contributed by atoms with Crippen LogP contribution in [0.4, 0.5) is 0 Å². The van der Waals surface area contributed by atoms with E-state index in [0.29, 0.717) is 26.1 Å². The number of methoxy groups -OCH3 is 1. The van der Waals surface area contributed by atoms with Gasteiger partial charge in [-0.05, 0) is 38.8 Å². The van der Waals surface area contributed by atoms with E-state index in [1.165, 1.54) is 30.2 Å². The Morgan fingerprint density at radius 1 is 0.909 bits per heavy atom. The van der Waals surface area contributed by atoms with Crippen LogP contribution in [0.1, 0.15) is 53.4 Å². The van der Waals surface area contributed by atoms with Crippen LogP contribution in [0, 0.1) is 27.7 Å². The summed E-state index contributed by atoms with van der Waals surface area (Å²) in [7, 11) is 1.37. The van der Waals surface area contributed by atoms with Crippen molar-refractivity contribution in [3.8, 4) is 0 Å². The van der Waals surface area contributed by atoms with Gasteiger partial charge >= 0.3 is 5.97 Å². The van der Waals surface area contributed by atoms with E-state index < -0.39 is 11.2 Å². The lowest BCUT2D eigenvalue weighted by atomic mass is 10.0. The van der Waals surface area contributed by atoms with Crippen LogP contribution < -0.4 is 0 Å². The van der Waals surface area contributed by atoms with Gasteiger partial charge in [0.2, 0.25) is 0 Å². The molecular weight excluding hydrogens is 452 g/mol. The molecular formula is C26H24N2O3S2. The van der Waals surface area contributed by atoms with Gasteiger partial charge in [-0.3, -0.25) is 4.79 Å². The second kappa shape index (κ2) is 9.45. The first-order chi connectivity index (χ1) is 15.8. The van der Waals surface area contributed by atoms with Crippen molar-refractivity contribution in [3.63, 3.8) is 0 Å². The highest BCUT2D eigenvalue weighted by atomic mass is 32.2. The summed E-state index contributed by atoms with van der Waals surface area (Å²) in [6.07, 6.45) is 0. The lowest BCUT2D eigenvalue weighted by Gasteiger charge is -2.17. The number of Topliss-reactive ketones (excluding diaryl/α,β-unsaturated/α-hetero) is 1. The van der Waals surface area contributed by atoms with Crippen molar-refractivity contribution in [2.45, 2.75) is 38.0 Å². The first-order valence-electron chi connectivity index (χ1n) is 10.5. The van der Waals surface area contributed by atoms with Gasteiger partial charge in [0, 0.05) is 10.9 Å². The summed E-state index contributed by atoms with van der Waals surface area (Å²) in [5, 5.41) is 0.990. The van der Waals surface area contributed by atoms with Gasteiger partial charge in [0.05, 0.1) is 12.4 Å². The summed E-state index contributed by atoms with van der Waals surface area (Å²) in [5.74, 6) is 0.206. The molecule has 168 valence electrons. The molecule has 4 rings (SSSR count). The minimum absolute atomic E-state index is 0.00865. The smallest absolute Gasteiger partial charge is 0.348 e. The molecule has 2 aromatic heterocycles. The summed E-state index contributed by atoms with van der Waals surface area (Å²) >= 11 is 2.69. The third-order valence-corrected chi connectivity index (χ3v) is 7.83. The van der Waals surface area contributed by atoms with Crippen molar-refractivity contribution >= 4 is 45.1 Å². The molecule has 0 aliphatic rings. The molecule has 33 heavy (non-hydrogen) atoms. The van der Waals surface area contributed by atoms with E-state index in [1.807, 2.05) is 76.2 Å². The van der Waals surface area contributed by atoms with Gasteiger partial charge in [-0.15, -0.1) is 11.3 Å². The fourth-order valence-corrected chi connectivity index (χ4v) is 6.09. The molecule has 0 aliphatic heterocycles. The van der Waals surface area contributed by atoms with Crippen LogP contribution in [-0.2, 0) is 4.74 Å². The fourth-order valence-electron chi connectivity index (χ4n) is 3.57. The van der Waals surface area contributed by atoms with Crippen LogP contribution in [0.2, 0.25) is 0 Å². The Hall–Kier alpha value is -3.03. The minimum atomic E-state index is -0.494. The number of ether oxygens (including phenoxy) is 1. The average molecular weight is 477 g/mol. The number of fused-ring (bicyclic) bond motifs is 1. The first-order valence-corrected chi connectivity index (χ1v) is 12.2. The summed E-state index contributed by atoms with van der Waals surface area (Å²) in [6, 6.07) is 15.6. The first kappa shape index (κ1) is 23.1. The maximum atomic E-state index is 13.7. The zero-order chi connectivity index (χ0) is 23.7. The standard InChI is InChI=1S/C26H24N2O3S2/c1-14-6-10-18(11-7-14)21(29)23(19-12-8-15(2)9-13-19)33-25-20-16(3)22(26(30)31-5)32-24(20)27-17(4)28-25/h6-13,23H,1-5H3. The zero-order valence-corrected chi connectivity index (χ0v) is 20.8. The van der Waals surface area contributed by atoms with Crippen molar-refractivity contribution in [2.75, 3.05) is 7.11 Å². The Balaban J connectivity index is 1.84. The fraction of sp³-hybridized carbons (Fsp3) is 0.231. The number of hydrogen-bond donors (Lipinski definition) is 0. The number of esters is 1. The van der Waals surface area contributed by atoms with Crippen LogP contribution in [-0.4, -0.2) is 28.8 Å². The Morgan fingerprint density at radius 3 is 2.12 bits per heavy atom. The number of ketones is 1. The van der Waals surface area contributed by atoms with Gasteiger partial charge in [0.25, 0.3) is 0 Å². The Kier molecular flexibility index (Phi) is 6.63. The number of aryl methyl sites for hydroxylation is 4. The van der Waals surface area contributed by atoms with Crippen LogP contribution in [0.3, 0.4) is 0 Å². The number of thioether (sulfide) groups is 1. The molecule has 0 saturated carbocycles. The van der Waals surface area contributed by atoms with E-state index >= 15 is 0 Å². The van der Waals surface area contributed by atoms with Crippen LogP contribution >= 0.6 is 23.1 Å². The maximum Gasteiger partial charge on any atom is 0.348 e. The monoisotopic (exact) mass is 476 g/mol. The van der Waals surface area contributed by atoms with Crippen LogP contribution in [0.5, 0.6) is 0 Å². The highest BCUT2D eigenvalue weighted by Gasteiger charge is 2.27. The lowest BCUT2D eigenvalue weighted by Crippen LogP contribution is -2.11. The molecule has 0 saturated heterocycles. The summed E-state index contributed by atoms with van der Waals surface area (Å²) < 4.78 is 4.95. The molecule has 0 spiro atoms. The molecule has 0 fully saturated rings. The summed E-state index contributed by atoms with van der Waals surface area (Å²) in [4.78, 5) is 36.4. The molecule has 7 heteroatoms.